The molecule has 0 aliphatic carbocycles. The number of carbonyl (C=O) groups is 1. The fourth-order valence-electron chi connectivity index (χ4n) is 1.21. The predicted octanol–water partition coefficient (Wildman–Crippen LogP) is 1.31. The topological polar surface area (TPSA) is 68.0 Å². The van der Waals surface area contributed by atoms with E-state index in [0.29, 0.717) is 12.3 Å². The molecule has 0 saturated heterocycles. The van der Waals surface area contributed by atoms with E-state index >= 15 is 0 Å². The molecule has 82 valence electrons. The molecule has 2 heterocycles. The van der Waals surface area contributed by atoms with Crippen molar-refractivity contribution < 1.29 is 9.21 Å². The minimum Gasteiger partial charge on any atom is -0.438 e. The number of aryl methyl sites for hydroxylation is 1. The van der Waals surface area contributed by atoms with Crippen LogP contribution in [-0.4, -0.2) is 15.9 Å². The first-order chi connectivity index (χ1) is 7.75. The molecule has 0 aliphatic rings. The van der Waals surface area contributed by atoms with Gasteiger partial charge in [0.05, 0.1) is 18.4 Å². The lowest BCUT2D eigenvalue weighted by Crippen LogP contribution is -2.23. The highest BCUT2D eigenvalue weighted by Gasteiger charge is 2.11. The maximum Gasteiger partial charge on any atom is 0.307 e. The van der Waals surface area contributed by atoms with Crippen LogP contribution < -0.4 is 5.32 Å². The summed E-state index contributed by atoms with van der Waals surface area (Å²) in [6, 6.07) is 5.52. The first kappa shape index (κ1) is 10.4. The number of oxazole rings is 1. The Bertz CT molecular complexity index is 479. The van der Waals surface area contributed by atoms with Gasteiger partial charge in [0.25, 0.3) is 5.89 Å². The fraction of sp³-hybridized carbons (Fsp3) is 0.182. The van der Waals surface area contributed by atoms with Crippen molar-refractivity contribution in [3.05, 3.63) is 47.9 Å². The van der Waals surface area contributed by atoms with Crippen LogP contribution in [0.5, 0.6) is 0 Å². The Balaban J connectivity index is 1.94. The van der Waals surface area contributed by atoms with Crippen molar-refractivity contribution in [1.82, 2.24) is 15.3 Å². The van der Waals surface area contributed by atoms with Crippen LogP contribution in [0.1, 0.15) is 22.1 Å². The van der Waals surface area contributed by atoms with Crippen LogP contribution in [0.3, 0.4) is 0 Å². The third-order valence-electron chi connectivity index (χ3n) is 1.97. The summed E-state index contributed by atoms with van der Waals surface area (Å²) in [5.74, 6) is 0.357. The maximum atomic E-state index is 11.5. The summed E-state index contributed by atoms with van der Waals surface area (Å²) in [7, 11) is 0. The summed E-state index contributed by atoms with van der Waals surface area (Å²) in [5.41, 5.74) is 0.791. The van der Waals surface area contributed by atoms with Gasteiger partial charge in [0.1, 0.15) is 5.76 Å². The zero-order valence-electron chi connectivity index (χ0n) is 8.80. The Morgan fingerprint density at radius 2 is 2.31 bits per heavy atom. The van der Waals surface area contributed by atoms with E-state index in [9.17, 15) is 4.79 Å². The van der Waals surface area contributed by atoms with Crippen molar-refractivity contribution >= 4 is 5.91 Å². The van der Waals surface area contributed by atoms with Crippen LogP contribution >= 0.6 is 0 Å². The molecule has 0 radical (unpaired) electrons. The van der Waals surface area contributed by atoms with Crippen LogP contribution in [0.15, 0.2) is 35.0 Å². The first-order valence-electron chi connectivity index (χ1n) is 4.86. The molecule has 1 amide bonds. The van der Waals surface area contributed by atoms with Crippen molar-refractivity contribution in [3.8, 4) is 0 Å². The number of hydrogen-bond donors (Lipinski definition) is 1. The molecule has 2 aromatic rings. The van der Waals surface area contributed by atoms with Gasteiger partial charge in [-0.1, -0.05) is 6.07 Å². The third kappa shape index (κ3) is 2.44. The molecule has 2 rings (SSSR count). The van der Waals surface area contributed by atoms with Gasteiger partial charge in [0, 0.05) is 6.20 Å². The normalized spacial score (nSPS) is 10.1. The number of rotatable bonds is 3. The number of hydrogen-bond acceptors (Lipinski definition) is 4. The first-order valence-corrected chi connectivity index (χ1v) is 4.86. The standard InChI is InChI=1S/C11H11N3O2/c1-8-6-14-11(16-8)10(15)13-7-9-4-2-3-5-12-9/h2-6H,7H2,1H3,(H,13,15). The molecule has 0 fully saturated rings. The van der Waals surface area contributed by atoms with Crippen LogP contribution in [0.4, 0.5) is 0 Å². The Kier molecular flexibility index (Phi) is 2.95. The number of nitrogens with zero attached hydrogens (tertiary/aromatic N) is 2. The van der Waals surface area contributed by atoms with Crippen LogP contribution in [0.25, 0.3) is 0 Å². The van der Waals surface area contributed by atoms with E-state index < -0.39 is 0 Å². The maximum absolute atomic E-state index is 11.5. The van der Waals surface area contributed by atoms with E-state index in [1.807, 2.05) is 18.2 Å². The largest absolute Gasteiger partial charge is 0.438 e. The molecule has 0 bridgehead atoms. The quantitative estimate of drug-likeness (QED) is 0.841. The fourth-order valence-corrected chi connectivity index (χ4v) is 1.21. The van der Waals surface area contributed by atoms with Crippen molar-refractivity contribution in [1.29, 1.82) is 0 Å². The highest BCUT2D eigenvalue weighted by atomic mass is 16.4. The van der Waals surface area contributed by atoms with E-state index in [1.165, 1.54) is 6.20 Å². The SMILES string of the molecule is Cc1cnc(C(=O)NCc2ccccn2)o1. The molecule has 0 spiro atoms. The smallest absolute Gasteiger partial charge is 0.307 e. The number of nitrogens with one attached hydrogen (secondary N) is 1. The van der Waals surface area contributed by atoms with E-state index in [2.05, 4.69) is 15.3 Å². The third-order valence-corrected chi connectivity index (χ3v) is 1.97. The van der Waals surface area contributed by atoms with Gasteiger partial charge in [-0.05, 0) is 19.1 Å². The Morgan fingerprint density at radius 1 is 1.44 bits per heavy atom. The molecule has 0 unspecified atom stereocenters. The van der Waals surface area contributed by atoms with Gasteiger partial charge >= 0.3 is 5.91 Å². The molecule has 0 saturated carbocycles. The summed E-state index contributed by atoms with van der Waals surface area (Å²) >= 11 is 0. The Morgan fingerprint density at radius 3 is 2.94 bits per heavy atom. The average molecular weight is 217 g/mol. The molecule has 0 aliphatic heterocycles. The molecule has 0 atom stereocenters. The monoisotopic (exact) mass is 217 g/mol. The molecular weight excluding hydrogens is 206 g/mol. The minimum absolute atomic E-state index is 0.0773. The number of aromatic nitrogens is 2. The lowest BCUT2D eigenvalue weighted by Gasteiger charge is -2.01. The summed E-state index contributed by atoms with van der Waals surface area (Å²) < 4.78 is 5.09. The van der Waals surface area contributed by atoms with Crippen LogP contribution in [0, 0.1) is 6.92 Å². The van der Waals surface area contributed by atoms with Crippen molar-refractivity contribution in [2.45, 2.75) is 13.5 Å². The van der Waals surface area contributed by atoms with Crippen molar-refractivity contribution in [3.63, 3.8) is 0 Å². The minimum atomic E-state index is -0.334. The van der Waals surface area contributed by atoms with Gasteiger partial charge in [-0.15, -0.1) is 0 Å². The van der Waals surface area contributed by atoms with Crippen molar-refractivity contribution in [2.24, 2.45) is 0 Å². The van der Waals surface area contributed by atoms with Crippen molar-refractivity contribution in [2.75, 3.05) is 0 Å². The van der Waals surface area contributed by atoms with Gasteiger partial charge in [0.2, 0.25) is 0 Å². The highest BCUT2D eigenvalue weighted by Crippen LogP contribution is 2.01. The summed E-state index contributed by atoms with van der Waals surface area (Å²) in [6.45, 7) is 2.10. The Hall–Kier alpha value is -2.17. The molecule has 5 heteroatoms. The van der Waals surface area contributed by atoms with Gasteiger partial charge in [-0.3, -0.25) is 9.78 Å². The predicted molar refractivity (Wildman–Crippen MR) is 56.6 cm³/mol. The lowest BCUT2D eigenvalue weighted by atomic mass is 10.3. The Labute approximate surface area is 92.5 Å². The second-order valence-electron chi connectivity index (χ2n) is 3.28. The second-order valence-corrected chi connectivity index (χ2v) is 3.28. The van der Waals surface area contributed by atoms with E-state index in [0.717, 1.165) is 5.69 Å². The molecule has 2 aromatic heterocycles. The highest BCUT2D eigenvalue weighted by molar-refractivity contribution is 5.89. The van der Waals surface area contributed by atoms with Gasteiger partial charge in [0.15, 0.2) is 0 Å². The summed E-state index contributed by atoms with van der Waals surface area (Å²) in [5, 5.41) is 2.67. The molecule has 16 heavy (non-hydrogen) atoms. The zero-order chi connectivity index (χ0) is 11.4. The van der Waals surface area contributed by atoms with E-state index in [1.54, 1.807) is 13.1 Å². The summed E-state index contributed by atoms with van der Waals surface area (Å²) in [4.78, 5) is 19.4. The number of pyridine rings is 1. The lowest BCUT2D eigenvalue weighted by molar-refractivity contribution is 0.0914. The molecular formula is C11H11N3O2. The van der Waals surface area contributed by atoms with Gasteiger partial charge in [-0.25, -0.2) is 4.98 Å². The molecule has 5 nitrogen and oxygen atoms in total. The number of carbonyl (C=O) groups excluding carboxylic acids is 1. The van der Waals surface area contributed by atoms with E-state index in [4.69, 9.17) is 4.42 Å². The average Bonchev–Trinajstić information content (AvgIpc) is 2.74. The second kappa shape index (κ2) is 4.57. The summed E-state index contributed by atoms with van der Waals surface area (Å²) in [6.07, 6.45) is 3.19. The van der Waals surface area contributed by atoms with Crippen LogP contribution in [0.2, 0.25) is 0 Å². The molecule has 0 aromatic carbocycles. The number of amides is 1. The van der Waals surface area contributed by atoms with E-state index in [-0.39, 0.29) is 11.8 Å². The zero-order valence-corrected chi connectivity index (χ0v) is 8.80. The van der Waals surface area contributed by atoms with Gasteiger partial charge in [-0.2, -0.15) is 0 Å². The van der Waals surface area contributed by atoms with Crippen LogP contribution in [-0.2, 0) is 6.54 Å². The van der Waals surface area contributed by atoms with Gasteiger partial charge < -0.3 is 9.73 Å². The molecule has 1 N–H and O–H groups in total.